The van der Waals surface area contributed by atoms with E-state index in [0.29, 0.717) is 22.0 Å². The molecule has 154 valence electrons. The van der Waals surface area contributed by atoms with Crippen LogP contribution in [0.4, 0.5) is 18.9 Å². The first-order valence-corrected chi connectivity index (χ1v) is 10.7. The van der Waals surface area contributed by atoms with Gasteiger partial charge in [-0.15, -0.1) is 0 Å². The van der Waals surface area contributed by atoms with Crippen LogP contribution in [0.2, 0.25) is 5.02 Å². The molecule has 0 fully saturated rings. The SMILES string of the molecule is CCS(=O)CCN1C(=O)CN=C(c2ccccc2C(F)(F)F)c2cc(Cl)ccc21. The Morgan fingerprint density at radius 3 is 2.59 bits per heavy atom. The first-order chi connectivity index (χ1) is 13.7. The molecule has 1 unspecified atom stereocenters. The van der Waals surface area contributed by atoms with Gasteiger partial charge in [-0.25, -0.2) is 0 Å². The summed E-state index contributed by atoms with van der Waals surface area (Å²) in [4.78, 5) is 18.3. The fourth-order valence-electron chi connectivity index (χ4n) is 3.13. The van der Waals surface area contributed by atoms with Crippen LogP contribution < -0.4 is 4.90 Å². The molecular formula is C20H18ClF3N2O2S. The molecular weight excluding hydrogens is 425 g/mol. The summed E-state index contributed by atoms with van der Waals surface area (Å²) in [6.45, 7) is 1.65. The molecule has 0 aromatic heterocycles. The Balaban J connectivity index is 2.15. The summed E-state index contributed by atoms with van der Waals surface area (Å²) in [5.41, 5.74) is -0.154. The van der Waals surface area contributed by atoms with Crippen molar-refractivity contribution >= 4 is 39.7 Å². The largest absolute Gasteiger partial charge is 0.417 e. The molecule has 2 aromatic carbocycles. The lowest BCUT2D eigenvalue weighted by molar-refractivity contribution is -0.137. The molecule has 0 aliphatic carbocycles. The molecule has 1 aliphatic heterocycles. The van der Waals surface area contributed by atoms with Gasteiger partial charge in [0.25, 0.3) is 0 Å². The minimum atomic E-state index is -4.58. The average Bonchev–Trinajstić information content (AvgIpc) is 2.81. The van der Waals surface area contributed by atoms with Gasteiger partial charge in [0.2, 0.25) is 5.91 Å². The summed E-state index contributed by atoms with van der Waals surface area (Å²) in [6, 6.07) is 9.77. The Morgan fingerprint density at radius 1 is 1.17 bits per heavy atom. The summed E-state index contributed by atoms with van der Waals surface area (Å²) in [5.74, 6) is 0.343. The molecule has 0 N–H and O–H groups in total. The van der Waals surface area contributed by atoms with Gasteiger partial charge in [-0.2, -0.15) is 13.2 Å². The second-order valence-electron chi connectivity index (χ2n) is 6.35. The van der Waals surface area contributed by atoms with E-state index in [9.17, 15) is 22.2 Å². The highest BCUT2D eigenvalue weighted by molar-refractivity contribution is 7.84. The Morgan fingerprint density at radius 2 is 1.90 bits per heavy atom. The van der Waals surface area contributed by atoms with E-state index in [1.54, 1.807) is 19.1 Å². The predicted octanol–water partition coefficient (Wildman–Crippen LogP) is 4.31. The first-order valence-electron chi connectivity index (χ1n) is 8.88. The first kappa shape index (κ1) is 21.5. The smallest absolute Gasteiger partial charge is 0.309 e. The fraction of sp³-hybridized carbons (Fsp3) is 0.300. The zero-order chi connectivity index (χ0) is 21.2. The van der Waals surface area contributed by atoms with Crippen LogP contribution in [0.25, 0.3) is 0 Å². The molecule has 29 heavy (non-hydrogen) atoms. The van der Waals surface area contributed by atoms with Gasteiger partial charge in [0, 0.05) is 45.0 Å². The van der Waals surface area contributed by atoms with E-state index in [2.05, 4.69) is 4.99 Å². The number of hydrogen-bond acceptors (Lipinski definition) is 3. The number of hydrogen-bond donors (Lipinski definition) is 0. The van der Waals surface area contributed by atoms with Crippen LogP contribution in [0.15, 0.2) is 47.5 Å². The fourth-order valence-corrected chi connectivity index (χ4v) is 3.98. The van der Waals surface area contributed by atoms with E-state index >= 15 is 0 Å². The molecule has 4 nitrogen and oxygen atoms in total. The predicted molar refractivity (Wildman–Crippen MR) is 109 cm³/mol. The number of carbonyl (C=O) groups is 1. The van der Waals surface area contributed by atoms with Gasteiger partial charge < -0.3 is 4.90 Å². The monoisotopic (exact) mass is 442 g/mol. The van der Waals surface area contributed by atoms with Crippen molar-refractivity contribution in [1.82, 2.24) is 0 Å². The quantitative estimate of drug-likeness (QED) is 0.692. The van der Waals surface area contributed by atoms with E-state index in [-0.39, 0.29) is 36.0 Å². The Labute approximate surface area is 173 Å². The van der Waals surface area contributed by atoms with Crippen LogP contribution >= 0.6 is 11.6 Å². The van der Waals surface area contributed by atoms with Crippen molar-refractivity contribution in [3.05, 3.63) is 64.2 Å². The van der Waals surface area contributed by atoms with Crippen molar-refractivity contribution in [1.29, 1.82) is 0 Å². The van der Waals surface area contributed by atoms with E-state index < -0.39 is 22.5 Å². The number of amides is 1. The Bertz CT molecular complexity index is 992. The number of anilines is 1. The standard InChI is InChI=1S/C20H18ClF3N2O2S/c1-2-29(28)10-9-26-17-8-7-13(21)11-15(17)19(25-12-18(26)27)14-5-3-4-6-16(14)20(22,23)24/h3-8,11H,2,9-10,12H2,1H3. The van der Waals surface area contributed by atoms with Crippen molar-refractivity contribution in [3.8, 4) is 0 Å². The molecule has 3 rings (SSSR count). The van der Waals surface area contributed by atoms with Gasteiger partial charge in [0.05, 0.1) is 17.0 Å². The number of aliphatic imine (C=N–C) groups is 1. The van der Waals surface area contributed by atoms with Crippen molar-refractivity contribution in [2.24, 2.45) is 4.99 Å². The summed E-state index contributed by atoms with van der Waals surface area (Å²) < 4.78 is 52.6. The third-order valence-electron chi connectivity index (χ3n) is 4.53. The number of benzodiazepines with no additional fused rings is 1. The maximum atomic E-state index is 13.6. The number of nitrogens with zero attached hydrogens (tertiary/aromatic N) is 2. The topological polar surface area (TPSA) is 49.7 Å². The second-order valence-corrected chi connectivity index (χ2v) is 8.65. The third-order valence-corrected chi connectivity index (χ3v) is 6.05. The molecule has 1 aliphatic rings. The number of carbonyl (C=O) groups excluding carboxylic acids is 1. The van der Waals surface area contributed by atoms with Gasteiger partial charge in [-0.05, 0) is 24.3 Å². The highest BCUT2D eigenvalue weighted by atomic mass is 35.5. The van der Waals surface area contributed by atoms with Crippen LogP contribution in [0.3, 0.4) is 0 Å². The molecule has 0 saturated heterocycles. The van der Waals surface area contributed by atoms with E-state index in [4.69, 9.17) is 11.6 Å². The second kappa shape index (κ2) is 8.67. The number of alkyl halides is 3. The van der Waals surface area contributed by atoms with Gasteiger partial charge >= 0.3 is 6.18 Å². The molecule has 2 aromatic rings. The van der Waals surface area contributed by atoms with Gasteiger partial charge in [0.15, 0.2) is 0 Å². The molecule has 0 spiro atoms. The maximum absolute atomic E-state index is 13.6. The lowest BCUT2D eigenvalue weighted by Gasteiger charge is -2.23. The van der Waals surface area contributed by atoms with Crippen molar-refractivity contribution in [2.75, 3.05) is 29.5 Å². The lowest BCUT2D eigenvalue weighted by atomic mass is 9.95. The zero-order valence-electron chi connectivity index (χ0n) is 15.5. The van der Waals surface area contributed by atoms with Gasteiger partial charge in [-0.1, -0.05) is 36.7 Å². The van der Waals surface area contributed by atoms with Gasteiger partial charge in [0.1, 0.15) is 6.54 Å². The molecule has 1 heterocycles. The summed E-state index contributed by atoms with van der Waals surface area (Å²) in [6.07, 6.45) is -4.58. The van der Waals surface area contributed by atoms with Gasteiger partial charge in [-0.3, -0.25) is 14.0 Å². The molecule has 0 radical (unpaired) electrons. The van der Waals surface area contributed by atoms with Crippen LogP contribution in [-0.4, -0.2) is 40.4 Å². The number of rotatable bonds is 5. The summed E-state index contributed by atoms with van der Waals surface area (Å²) in [7, 11) is -1.10. The average molecular weight is 443 g/mol. The van der Waals surface area contributed by atoms with Crippen molar-refractivity contribution < 1.29 is 22.2 Å². The minimum Gasteiger partial charge on any atom is -0.309 e. The Kier molecular flexibility index (Phi) is 6.43. The third kappa shape index (κ3) is 4.70. The molecule has 0 saturated carbocycles. The highest BCUT2D eigenvalue weighted by Gasteiger charge is 2.36. The lowest BCUT2D eigenvalue weighted by Crippen LogP contribution is -2.35. The number of halogens is 4. The normalized spacial score (nSPS) is 15.6. The molecule has 9 heteroatoms. The van der Waals surface area contributed by atoms with Crippen LogP contribution in [0.5, 0.6) is 0 Å². The maximum Gasteiger partial charge on any atom is 0.417 e. The summed E-state index contributed by atoms with van der Waals surface area (Å²) in [5, 5.41) is 0.312. The number of benzene rings is 2. The van der Waals surface area contributed by atoms with Crippen molar-refractivity contribution in [2.45, 2.75) is 13.1 Å². The van der Waals surface area contributed by atoms with Crippen LogP contribution in [-0.2, 0) is 21.8 Å². The number of fused-ring (bicyclic) bond motifs is 1. The van der Waals surface area contributed by atoms with E-state index in [1.165, 1.54) is 29.2 Å². The highest BCUT2D eigenvalue weighted by Crippen LogP contribution is 2.36. The van der Waals surface area contributed by atoms with E-state index in [0.717, 1.165) is 6.07 Å². The minimum absolute atomic E-state index is 0.0582. The molecule has 0 bridgehead atoms. The summed E-state index contributed by atoms with van der Waals surface area (Å²) >= 11 is 6.12. The van der Waals surface area contributed by atoms with Crippen LogP contribution in [0, 0.1) is 0 Å². The van der Waals surface area contributed by atoms with Crippen LogP contribution in [0.1, 0.15) is 23.6 Å². The van der Waals surface area contributed by atoms with Crippen molar-refractivity contribution in [3.63, 3.8) is 0 Å². The zero-order valence-corrected chi connectivity index (χ0v) is 17.1. The molecule has 1 atom stereocenters. The molecule has 1 amide bonds. The van der Waals surface area contributed by atoms with E-state index in [1.807, 2.05) is 0 Å². The Hall–Kier alpha value is -2.19.